The van der Waals surface area contributed by atoms with Crippen LogP contribution in [0.15, 0.2) is 41.7 Å². The van der Waals surface area contributed by atoms with Gasteiger partial charge < -0.3 is 4.98 Å². The maximum Gasteiger partial charge on any atom is 0.278 e. The molecule has 1 fully saturated rings. The first-order valence-corrected chi connectivity index (χ1v) is 8.70. The van der Waals surface area contributed by atoms with Crippen molar-refractivity contribution in [3.05, 3.63) is 64.1 Å². The molecular formula is C19H18N6O. The predicted octanol–water partition coefficient (Wildman–Crippen LogP) is 2.76. The normalized spacial score (nSPS) is 14.2. The first-order valence-electron chi connectivity index (χ1n) is 8.70. The van der Waals surface area contributed by atoms with Crippen LogP contribution in [0.25, 0.3) is 22.6 Å². The zero-order chi connectivity index (χ0) is 17.8. The molecule has 1 aliphatic rings. The molecule has 0 bridgehead atoms. The largest absolute Gasteiger partial charge is 0.343 e. The molecule has 0 aromatic carbocycles. The van der Waals surface area contributed by atoms with E-state index in [9.17, 15) is 4.79 Å². The highest BCUT2D eigenvalue weighted by Crippen LogP contribution is 2.39. The van der Waals surface area contributed by atoms with E-state index in [0.29, 0.717) is 11.6 Å². The molecule has 7 nitrogen and oxygen atoms in total. The zero-order valence-corrected chi connectivity index (χ0v) is 14.6. The van der Waals surface area contributed by atoms with Gasteiger partial charge >= 0.3 is 0 Å². The summed E-state index contributed by atoms with van der Waals surface area (Å²) in [4.78, 5) is 20.5. The number of nitrogens with one attached hydrogen (secondary N) is 1. The summed E-state index contributed by atoms with van der Waals surface area (Å²) in [5.41, 5.74) is 5.32. The lowest BCUT2D eigenvalue weighted by Crippen LogP contribution is -2.21. The molecule has 0 amide bonds. The monoisotopic (exact) mass is 346 g/mol. The van der Waals surface area contributed by atoms with Gasteiger partial charge in [-0.25, -0.2) is 9.67 Å². The van der Waals surface area contributed by atoms with Crippen LogP contribution in [0.5, 0.6) is 0 Å². The van der Waals surface area contributed by atoms with Gasteiger partial charge in [-0.05, 0) is 44.2 Å². The molecule has 0 radical (unpaired) electrons. The molecule has 1 saturated carbocycles. The van der Waals surface area contributed by atoms with Gasteiger partial charge in [-0.1, -0.05) is 6.07 Å². The maximum absolute atomic E-state index is 12.8. The van der Waals surface area contributed by atoms with E-state index in [4.69, 9.17) is 0 Å². The third-order valence-electron chi connectivity index (χ3n) is 4.91. The molecule has 1 N–H and O–H groups in total. The minimum absolute atomic E-state index is 0.0161. The third kappa shape index (κ3) is 2.28. The number of hydrogen-bond acceptors (Lipinski definition) is 4. The average molecular weight is 346 g/mol. The van der Waals surface area contributed by atoms with Gasteiger partial charge in [0.1, 0.15) is 5.65 Å². The van der Waals surface area contributed by atoms with Gasteiger partial charge in [-0.15, -0.1) is 0 Å². The van der Waals surface area contributed by atoms with E-state index in [0.717, 1.165) is 46.6 Å². The van der Waals surface area contributed by atoms with Gasteiger partial charge in [0.25, 0.3) is 5.56 Å². The van der Waals surface area contributed by atoms with Crippen LogP contribution in [0.1, 0.15) is 35.6 Å². The predicted molar refractivity (Wildman–Crippen MR) is 97.6 cm³/mol. The number of H-pyrrole nitrogens is 1. The fourth-order valence-corrected chi connectivity index (χ4v) is 3.39. The van der Waals surface area contributed by atoms with Gasteiger partial charge in [0.05, 0.1) is 12.4 Å². The van der Waals surface area contributed by atoms with Crippen molar-refractivity contribution < 1.29 is 0 Å². The van der Waals surface area contributed by atoms with Crippen molar-refractivity contribution in [2.24, 2.45) is 0 Å². The Morgan fingerprint density at radius 2 is 1.96 bits per heavy atom. The average Bonchev–Trinajstić information content (AvgIpc) is 3.17. The summed E-state index contributed by atoms with van der Waals surface area (Å²) in [6.45, 7) is 3.96. The Bertz CT molecular complexity index is 1180. The van der Waals surface area contributed by atoms with Crippen molar-refractivity contribution >= 4 is 5.65 Å². The van der Waals surface area contributed by atoms with Gasteiger partial charge in [0.2, 0.25) is 0 Å². The van der Waals surface area contributed by atoms with Crippen molar-refractivity contribution in [2.75, 3.05) is 0 Å². The van der Waals surface area contributed by atoms with E-state index in [1.165, 1.54) is 4.52 Å². The van der Waals surface area contributed by atoms with Crippen LogP contribution >= 0.6 is 0 Å². The first kappa shape index (κ1) is 15.1. The van der Waals surface area contributed by atoms with Crippen molar-refractivity contribution in [2.45, 2.75) is 32.6 Å². The van der Waals surface area contributed by atoms with E-state index in [2.05, 4.69) is 20.2 Å². The Morgan fingerprint density at radius 3 is 2.69 bits per heavy atom. The lowest BCUT2D eigenvalue weighted by molar-refractivity contribution is 0.845. The molecule has 7 heteroatoms. The summed E-state index contributed by atoms with van der Waals surface area (Å²) >= 11 is 0. The second-order valence-electron chi connectivity index (χ2n) is 6.93. The molecule has 4 heterocycles. The molecule has 0 saturated heterocycles. The van der Waals surface area contributed by atoms with Crippen LogP contribution in [0, 0.1) is 13.8 Å². The smallest absolute Gasteiger partial charge is 0.278 e. The summed E-state index contributed by atoms with van der Waals surface area (Å²) in [5.74, 6) is 1.13. The van der Waals surface area contributed by atoms with Crippen molar-refractivity contribution in [1.29, 1.82) is 0 Å². The minimum atomic E-state index is -0.0161. The number of hydrogen-bond donors (Lipinski definition) is 1. The van der Waals surface area contributed by atoms with Crippen LogP contribution in [0.2, 0.25) is 0 Å². The summed E-state index contributed by atoms with van der Waals surface area (Å²) in [7, 11) is 0. The highest BCUT2D eigenvalue weighted by Gasteiger charge is 2.29. The lowest BCUT2D eigenvalue weighted by atomic mass is 10.1. The van der Waals surface area contributed by atoms with Gasteiger partial charge in [-0.2, -0.15) is 14.7 Å². The molecule has 4 aromatic rings. The molecule has 4 aromatic heterocycles. The summed E-state index contributed by atoms with van der Waals surface area (Å²) in [6, 6.07) is 3.93. The molecular weight excluding hydrogens is 328 g/mol. The topological polar surface area (TPSA) is 80.9 Å². The zero-order valence-electron chi connectivity index (χ0n) is 14.6. The SMILES string of the molecule is Cc1ccc(-n2cc(-c3cnn4c(=O)c(C5CC5)c(C)[nH]c34)cn2)nc1. The number of pyridine rings is 1. The van der Waals surface area contributed by atoms with Gasteiger partial charge in [0.15, 0.2) is 5.82 Å². The number of aromatic nitrogens is 6. The summed E-state index contributed by atoms with van der Waals surface area (Å²) < 4.78 is 3.19. The van der Waals surface area contributed by atoms with E-state index in [1.807, 2.05) is 38.4 Å². The maximum atomic E-state index is 12.8. The quantitative estimate of drug-likeness (QED) is 0.618. The second kappa shape index (κ2) is 5.39. The molecule has 0 atom stereocenters. The molecule has 0 aliphatic heterocycles. The van der Waals surface area contributed by atoms with Crippen molar-refractivity contribution in [3.8, 4) is 16.9 Å². The van der Waals surface area contributed by atoms with Crippen molar-refractivity contribution in [3.63, 3.8) is 0 Å². The standard InChI is InChI=1S/C19H18N6O/c1-11-3-6-16(20-7-11)24-10-14(8-21-24)15-9-22-25-18(15)23-12(2)17(19(25)26)13-4-5-13/h3,6-10,13,23H,4-5H2,1-2H3. The molecule has 1 aliphatic carbocycles. The van der Waals surface area contributed by atoms with E-state index >= 15 is 0 Å². The number of rotatable bonds is 3. The van der Waals surface area contributed by atoms with Crippen molar-refractivity contribution in [1.82, 2.24) is 29.4 Å². The summed E-state index contributed by atoms with van der Waals surface area (Å²) in [6.07, 6.45) is 9.36. The Labute approximate surface area is 149 Å². The first-order chi connectivity index (χ1) is 12.6. The molecule has 26 heavy (non-hydrogen) atoms. The number of nitrogens with zero attached hydrogens (tertiary/aromatic N) is 5. The van der Waals surface area contributed by atoms with Gasteiger partial charge in [-0.3, -0.25) is 4.79 Å². The number of fused-ring (bicyclic) bond motifs is 1. The van der Waals surface area contributed by atoms with Crippen LogP contribution < -0.4 is 5.56 Å². The molecule has 0 spiro atoms. The highest BCUT2D eigenvalue weighted by atomic mass is 16.1. The Morgan fingerprint density at radius 1 is 1.12 bits per heavy atom. The van der Waals surface area contributed by atoms with Gasteiger partial charge in [0, 0.05) is 34.8 Å². The van der Waals surface area contributed by atoms with E-state index in [1.54, 1.807) is 17.1 Å². The Kier molecular flexibility index (Phi) is 3.12. The lowest BCUT2D eigenvalue weighted by Gasteiger charge is -2.05. The van der Waals surface area contributed by atoms with Crippen LogP contribution in [0.3, 0.4) is 0 Å². The van der Waals surface area contributed by atoms with Crippen LogP contribution in [-0.4, -0.2) is 29.4 Å². The fraction of sp³-hybridized carbons (Fsp3) is 0.263. The molecule has 5 rings (SSSR count). The highest BCUT2D eigenvalue weighted by molar-refractivity contribution is 5.76. The Hall–Kier alpha value is -3.22. The van der Waals surface area contributed by atoms with E-state index in [-0.39, 0.29) is 5.56 Å². The van der Waals surface area contributed by atoms with E-state index < -0.39 is 0 Å². The fourth-order valence-electron chi connectivity index (χ4n) is 3.39. The second-order valence-corrected chi connectivity index (χ2v) is 6.93. The third-order valence-corrected chi connectivity index (χ3v) is 4.91. The summed E-state index contributed by atoms with van der Waals surface area (Å²) in [5, 5.41) is 8.73. The molecule has 0 unspecified atom stereocenters. The minimum Gasteiger partial charge on any atom is -0.343 e. The number of aryl methyl sites for hydroxylation is 2. The number of aromatic amines is 1. The molecule has 130 valence electrons. The van der Waals surface area contributed by atoms with Crippen LogP contribution in [-0.2, 0) is 0 Å². The Balaban J connectivity index is 1.62. The van der Waals surface area contributed by atoms with Crippen LogP contribution in [0.4, 0.5) is 0 Å².